The van der Waals surface area contributed by atoms with Gasteiger partial charge in [-0.1, -0.05) is 0 Å². The van der Waals surface area contributed by atoms with E-state index in [1.807, 2.05) is 4.90 Å². The first kappa shape index (κ1) is 13.7. The van der Waals surface area contributed by atoms with E-state index >= 15 is 0 Å². The van der Waals surface area contributed by atoms with E-state index in [1.165, 1.54) is 0 Å². The fourth-order valence-electron chi connectivity index (χ4n) is 2.87. The Bertz CT molecular complexity index is 335. The second kappa shape index (κ2) is 5.95. The van der Waals surface area contributed by atoms with Crippen molar-refractivity contribution in [2.45, 2.75) is 44.7 Å². The maximum absolute atomic E-state index is 12.5. The maximum Gasteiger partial charge on any atom is 0.245 e. The van der Waals surface area contributed by atoms with Crippen LogP contribution in [0.15, 0.2) is 0 Å². The Morgan fingerprint density at radius 1 is 1.39 bits per heavy atom. The second-order valence-corrected chi connectivity index (χ2v) is 6.14. The smallest absolute Gasteiger partial charge is 0.245 e. The Labute approximate surface area is 113 Å². The van der Waals surface area contributed by atoms with Crippen molar-refractivity contribution in [1.29, 1.82) is 0 Å². The number of amides is 2. The summed E-state index contributed by atoms with van der Waals surface area (Å²) >= 11 is 1.81. The molecule has 2 atom stereocenters. The van der Waals surface area contributed by atoms with Crippen molar-refractivity contribution in [3.05, 3.63) is 0 Å². The monoisotopic (exact) mass is 270 g/mol. The molecule has 0 aromatic rings. The molecule has 2 saturated heterocycles. The fraction of sp³-hybridized carbons (Fsp3) is 0.846. The molecule has 0 bridgehead atoms. The summed E-state index contributed by atoms with van der Waals surface area (Å²) in [4.78, 5) is 28.2. The van der Waals surface area contributed by atoms with Crippen molar-refractivity contribution in [2.24, 2.45) is 0 Å². The molecule has 0 saturated carbocycles. The average molecular weight is 270 g/mol. The normalized spacial score (nSPS) is 26.2. The lowest BCUT2D eigenvalue weighted by Gasteiger charge is -2.30. The van der Waals surface area contributed by atoms with Crippen molar-refractivity contribution in [3.8, 4) is 0 Å². The summed E-state index contributed by atoms with van der Waals surface area (Å²) in [6.45, 7) is 3.46. The van der Waals surface area contributed by atoms with Gasteiger partial charge in [0, 0.05) is 25.6 Å². The van der Waals surface area contributed by atoms with Gasteiger partial charge in [0.2, 0.25) is 11.8 Å². The Hall–Kier alpha value is -0.710. The van der Waals surface area contributed by atoms with Crippen molar-refractivity contribution in [2.75, 3.05) is 25.1 Å². The van der Waals surface area contributed by atoms with Crippen LogP contribution in [0.25, 0.3) is 0 Å². The zero-order chi connectivity index (χ0) is 13.1. The largest absolute Gasteiger partial charge is 0.338 e. The van der Waals surface area contributed by atoms with Crippen LogP contribution in [0, 0.1) is 0 Å². The minimum atomic E-state index is -0.170. The first-order chi connectivity index (χ1) is 8.65. The van der Waals surface area contributed by atoms with Gasteiger partial charge >= 0.3 is 0 Å². The third kappa shape index (κ3) is 2.66. The molecular formula is C13H22N2O2S. The summed E-state index contributed by atoms with van der Waals surface area (Å²) in [5, 5.41) is 0. The van der Waals surface area contributed by atoms with Crippen LogP contribution in [0.5, 0.6) is 0 Å². The van der Waals surface area contributed by atoms with E-state index in [-0.39, 0.29) is 23.9 Å². The van der Waals surface area contributed by atoms with Gasteiger partial charge < -0.3 is 9.80 Å². The predicted octanol–water partition coefficient (Wildman–Crippen LogP) is 1.35. The number of carbonyl (C=O) groups is 2. The third-order valence-electron chi connectivity index (χ3n) is 3.98. The molecule has 0 N–H and O–H groups in total. The lowest BCUT2D eigenvalue weighted by atomic mass is 10.1. The van der Waals surface area contributed by atoms with Crippen LogP contribution in [0.3, 0.4) is 0 Å². The lowest BCUT2D eigenvalue weighted by Crippen LogP contribution is -2.46. The predicted molar refractivity (Wildman–Crippen MR) is 73.5 cm³/mol. The Morgan fingerprint density at radius 2 is 2.17 bits per heavy atom. The van der Waals surface area contributed by atoms with Gasteiger partial charge in [0.05, 0.1) is 0 Å². The van der Waals surface area contributed by atoms with Gasteiger partial charge in [-0.25, -0.2) is 0 Å². The van der Waals surface area contributed by atoms with Gasteiger partial charge in [0.1, 0.15) is 6.04 Å². The average Bonchev–Trinajstić information content (AvgIpc) is 2.81. The summed E-state index contributed by atoms with van der Waals surface area (Å²) in [5.74, 6) is 1.39. The van der Waals surface area contributed by atoms with Crippen molar-refractivity contribution in [1.82, 2.24) is 9.80 Å². The minimum absolute atomic E-state index is 0.158. The van der Waals surface area contributed by atoms with Crippen LogP contribution in [-0.2, 0) is 9.59 Å². The summed E-state index contributed by atoms with van der Waals surface area (Å²) < 4.78 is 0. The Balaban J connectivity index is 2.07. The maximum atomic E-state index is 12.5. The number of rotatable bonds is 4. The molecule has 2 amide bonds. The number of hydrogen-bond acceptors (Lipinski definition) is 3. The zero-order valence-electron chi connectivity index (χ0n) is 11.2. The molecule has 4 nitrogen and oxygen atoms in total. The van der Waals surface area contributed by atoms with E-state index in [2.05, 4.69) is 13.2 Å². The molecule has 2 aliphatic heterocycles. The lowest BCUT2D eigenvalue weighted by molar-refractivity contribution is -0.140. The molecule has 0 aliphatic carbocycles. The molecule has 2 fully saturated rings. The highest BCUT2D eigenvalue weighted by Gasteiger charge is 2.40. The number of hydrogen-bond donors (Lipinski definition) is 0. The molecule has 0 aromatic carbocycles. The van der Waals surface area contributed by atoms with Gasteiger partial charge in [-0.2, -0.15) is 11.8 Å². The SMILES string of the molecule is CSCCC(C)N1CCC(=O)N2CCCC2C1=O. The van der Waals surface area contributed by atoms with Gasteiger partial charge in [-0.05, 0) is 38.2 Å². The van der Waals surface area contributed by atoms with Crippen LogP contribution in [0.4, 0.5) is 0 Å². The van der Waals surface area contributed by atoms with Gasteiger partial charge in [-0.15, -0.1) is 0 Å². The summed E-state index contributed by atoms with van der Waals surface area (Å²) in [6.07, 6.45) is 5.39. The number of carbonyl (C=O) groups excluding carboxylic acids is 2. The number of fused-ring (bicyclic) bond motifs is 1. The number of thioether (sulfide) groups is 1. The molecule has 102 valence electrons. The summed E-state index contributed by atoms with van der Waals surface area (Å²) in [6, 6.07) is 0.0787. The molecule has 5 heteroatoms. The third-order valence-corrected chi connectivity index (χ3v) is 4.62. The van der Waals surface area contributed by atoms with Gasteiger partial charge in [0.15, 0.2) is 0 Å². The first-order valence-corrected chi connectivity index (χ1v) is 8.13. The van der Waals surface area contributed by atoms with Gasteiger partial charge in [-0.3, -0.25) is 9.59 Å². The molecule has 0 aromatic heterocycles. The van der Waals surface area contributed by atoms with Crippen LogP contribution >= 0.6 is 11.8 Å². The van der Waals surface area contributed by atoms with Crippen LogP contribution in [-0.4, -0.2) is 58.8 Å². The van der Waals surface area contributed by atoms with Crippen LogP contribution in [0.1, 0.15) is 32.6 Å². The Morgan fingerprint density at radius 3 is 2.89 bits per heavy atom. The van der Waals surface area contributed by atoms with E-state index in [9.17, 15) is 9.59 Å². The molecule has 2 rings (SSSR count). The van der Waals surface area contributed by atoms with Crippen LogP contribution < -0.4 is 0 Å². The van der Waals surface area contributed by atoms with E-state index in [1.54, 1.807) is 16.7 Å². The van der Waals surface area contributed by atoms with E-state index in [4.69, 9.17) is 0 Å². The molecule has 2 heterocycles. The molecule has 18 heavy (non-hydrogen) atoms. The molecule has 2 unspecified atom stereocenters. The topological polar surface area (TPSA) is 40.6 Å². The van der Waals surface area contributed by atoms with E-state index < -0.39 is 0 Å². The number of nitrogens with zero attached hydrogens (tertiary/aromatic N) is 2. The van der Waals surface area contributed by atoms with Crippen molar-refractivity contribution in [3.63, 3.8) is 0 Å². The molecular weight excluding hydrogens is 248 g/mol. The second-order valence-electron chi connectivity index (χ2n) is 5.16. The molecule has 0 radical (unpaired) electrons. The van der Waals surface area contributed by atoms with E-state index in [0.29, 0.717) is 13.0 Å². The highest BCUT2D eigenvalue weighted by atomic mass is 32.2. The zero-order valence-corrected chi connectivity index (χ0v) is 12.0. The minimum Gasteiger partial charge on any atom is -0.338 e. The molecule has 2 aliphatic rings. The van der Waals surface area contributed by atoms with E-state index in [0.717, 1.165) is 31.6 Å². The quantitative estimate of drug-likeness (QED) is 0.774. The van der Waals surface area contributed by atoms with Crippen molar-refractivity contribution >= 4 is 23.6 Å². The Kier molecular flexibility index (Phi) is 4.54. The summed E-state index contributed by atoms with van der Waals surface area (Å²) in [7, 11) is 0. The summed E-state index contributed by atoms with van der Waals surface area (Å²) in [5.41, 5.74) is 0. The van der Waals surface area contributed by atoms with Crippen molar-refractivity contribution < 1.29 is 9.59 Å². The van der Waals surface area contributed by atoms with Gasteiger partial charge in [0.25, 0.3) is 0 Å². The molecule has 0 spiro atoms. The fourth-order valence-corrected chi connectivity index (χ4v) is 3.44. The highest BCUT2D eigenvalue weighted by molar-refractivity contribution is 7.98. The first-order valence-electron chi connectivity index (χ1n) is 6.74. The standard InChI is InChI=1S/C13H22N2O2S/c1-10(6-9-18-2)14-8-5-12(16)15-7-3-4-11(15)13(14)17/h10-11H,3-9H2,1-2H3. The highest BCUT2D eigenvalue weighted by Crippen LogP contribution is 2.25. The van der Waals surface area contributed by atoms with Crippen LogP contribution in [0.2, 0.25) is 0 Å².